The van der Waals surface area contributed by atoms with Gasteiger partial charge < -0.3 is 15.4 Å². The van der Waals surface area contributed by atoms with E-state index in [1.54, 1.807) is 7.11 Å². The molecular formula is C20H26N2O2. The number of carbonyl (C=O) groups is 1. The van der Waals surface area contributed by atoms with E-state index < -0.39 is 0 Å². The second-order valence-corrected chi connectivity index (χ2v) is 5.91. The number of anilines is 1. The molecule has 1 atom stereocenters. The van der Waals surface area contributed by atoms with E-state index in [0.717, 1.165) is 35.7 Å². The Kier molecular flexibility index (Phi) is 6.82. The first-order valence-corrected chi connectivity index (χ1v) is 8.35. The number of nitrogens with one attached hydrogen (secondary N) is 2. The highest BCUT2D eigenvalue weighted by Gasteiger charge is 2.12. The van der Waals surface area contributed by atoms with Crippen molar-refractivity contribution in [1.82, 2.24) is 5.32 Å². The molecule has 2 aromatic rings. The van der Waals surface area contributed by atoms with Gasteiger partial charge in [-0.3, -0.25) is 4.79 Å². The summed E-state index contributed by atoms with van der Waals surface area (Å²) in [5.41, 5.74) is 3.14. The zero-order valence-corrected chi connectivity index (χ0v) is 14.6. The second-order valence-electron chi connectivity index (χ2n) is 5.91. The van der Waals surface area contributed by atoms with E-state index in [-0.39, 0.29) is 11.8 Å². The molecule has 0 heterocycles. The van der Waals surface area contributed by atoms with E-state index >= 15 is 0 Å². The van der Waals surface area contributed by atoms with Gasteiger partial charge in [-0.05, 0) is 47.9 Å². The van der Waals surface area contributed by atoms with Crippen LogP contribution in [0.15, 0.2) is 48.5 Å². The lowest BCUT2D eigenvalue weighted by molar-refractivity contribution is -0.116. The van der Waals surface area contributed by atoms with Gasteiger partial charge in [-0.1, -0.05) is 38.1 Å². The van der Waals surface area contributed by atoms with Gasteiger partial charge in [0.15, 0.2) is 0 Å². The quantitative estimate of drug-likeness (QED) is 0.772. The molecule has 24 heavy (non-hydrogen) atoms. The van der Waals surface area contributed by atoms with Gasteiger partial charge in [-0.25, -0.2) is 0 Å². The van der Waals surface area contributed by atoms with Crippen molar-refractivity contribution in [3.63, 3.8) is 0 Å². The van der Waals surface area contributed by atoms with E-state index in [2.05, 4.69) is 30.5 Å². The first-order chi connectivity index (χ1) is 11.6. The summed E-state index contributed by atoms with van der Waals surface area (Å²) in [4.78, 5) is 12.3. The lowest BCUT2D eigenvalue weighted by Crippen LogP contribution is -2.15. The third-order valence-corrected chi connectivity index (χ3v) is 3.97. The molecule has 128 valence electrons. The Morgan fingerprint density at radius 3 is 2.58 bits per heavy atom. The van der Waals surface area contributed by atoms with Gasteiger partial charge in [0.1, 0.15) is 5.75 Å². The molecule has 0 saturated carbocycles. The summed E-state index contributed by atoms with van der Waals surface area (Å²) >= 11 is 0. The number of methoxy groups -OCH3 is 1. The number of hydrogen-bond donors (Lipinski definition) is 2. The van der Waals surface area contributed by atoms with Crippen LogP contribution in [0.2, 0.25) is 0 Å². The Morgan fingerprint density at radius 1 is 1.17 bits per heavy atom. The Morgan fingerprint density at radius 2 is 1.92 bits per heavy atom. The molecule has 0 aliphatic carbocycles. The van der Waals surface area contributed by atoms with Crippen LogP contribution in [0.3, 0.4) is 0 Å². The Bertz CT molecular complexity index is 653. The van der Waals surface area contributed by atoms with Crippen molar-refractivity contribution in [3.05, 3.63) is 59.7 Å². The summed E-state index contributed by atoms with van der Waals surface area (Å²) < 4.78 is 5.16. The van der Waals surface area contributed by atoms with Crippen LogP contribution in [0.5, 0.6) is 5.75 Å². The van der Waals surface area contributed by atoms with Crippen LogP contribution >= 0.6 is 0 Å². The van der Waals surface area contributed by atoms with Crippen LogP contribution < -0.4 is 15.4 Å². The fourth-order valence-corrected chi connectivity index (χ4v) is 2.57. The van der Waals surface area contributed by atoms with Crippen LogP contribution in [0.25, 0.3) is 0 Å². The van der Waals surface area contributed by atoms with Crippen LogP contribution in [0.1, 0.15) is 37.3 Å². The predicted octanol–water partition coefficient (Wildman–Crippen LogP) is 3.94. The number of ether oxygens (including phenoxy) is 1. The summed E-state index contributed by atoms with van der Waals surface area (Å²) in [6.07, 6.45) is 0.448. The van der Waals surface area contributed by atoms with Crippen LogP contribution in [0.4, 0.5) is 5.69 Å². The maximum absolute atomic E-state index is 12.3. The molecular weight excluding hydrogens is 300 g/mol. The summed E-state index contributed by atoms with van der Waals surface area (Å²) in [6.45, 7) is 5.87. The van der Waals surface area contributed by atoms with Crippen molar-refractivity contribution < 1.29 is 9.53 Å². The molecule has 2 aromatic carbocycles. The lowest BCUT2D eigenvalue weighted by atomic mass is 9.97. The van der Waals surface area contributed by atoms with Crippen LogP contribution in [0, 0.1) is 0 Å². The highest BCUT2D eigenvalue weighted by Crippen LogP contribution is 2.22. The first kappa shape index (κ1) is 18.0. The van der Waals surface area contributed by atoms with Crippen molar-refractivity contribution in [2.75, 3.05) is 19.0 Å². The second kappa shape index (κ2) is 9.08. The Hall–Kier alpha value is -2.33. The molecule has 1 amide bonds. The average molecular weight is 326 g/mol. The molecule has 0 radical (unpaired) electrons. The van der Waals surface area contributed by atoms with Gasteiger partial charge in [0, 0.05) is 18.7 Å². The van der Waals surface area contributed by atoms with Crippen molar-refractivity contribution in [1.29, 1.82) is 0 Å². The third kappa shape index (κ3) is 5.39. The standard InChI is InChI=1S/C20H26N2O2/c1-4-21-14-16-6-5-7-18(13-16)22-20(23)12-15(2)17-8-10-19(24-3)11-9-17/h5-11,13,15,21H,4,12,14H2,1-3H3,(H,22,23). The number of benzene rings is 2. The predicted molar refractivity (Wildman–Crippen MR) is 98.5 cm³/mol. The Labute approximate surface area is 144 Å². The van der Waals surface area contributed by atoms with Crippen LogP contribution in [-0.2, 0) is 11.3 Å². The van der Waals surface area contributed by atoms with Crippen molar-refractivity contribution in [3.8, 4) is 5.75 Å². The SMILES string of the molecule is CCNCc1cccc(NC(=O)CC(C)c2ccc(OC)cc2)c1. The molecule has 0 aliphatic rings. The monoisotopic (exact) mass is 326 g/mol. The molecule has 2 rings (SSSR count). The molecule has 4 nitrogen and oxygen atoms in total. The van der Waals surface area contributed by atoms with Gasteiger partial charge in [0.2, 0.25) is 5.91 Å². The Balaban J connectivity index is 1.92. The molecule has 0 spiro atoms. The maximum atomic E-state index is 12.3. The van der Waals surface area contributed by atoms with Crippen molar-refractivity contribution >= 4 is 11.6 Å². The summed E-state index contributed by atoms with van der Waals surface area (Å²) in [7, 11) is 1.65. The number of hydrogen-bond acceptors (Lipinski definition) is 3. The average Bonchev–Trinajstić information content (AvgIpc) is 2.60. The fourth-order valence-electron chi connectivity index (χ4n) is 2.57. The summed E-state index contributed by atoms with van der Waals surface area (Å²) in [5, 5.41) is 6.28. The smallest absolute Gasteiger partial charge is 0.224 e. The molecule has 0 bridgehead atoms. The van der Waals surface area contributed by atoms with Crippen molar-refractivity contribution in [2.45, 2.75) is 32.7 Å². The van der Waals surface area contributed by atoms with Gasteiger partial charge >= 0.3 is 0 Å². The highest BCUT2D eigenvalue weighted by atomic mass is 16.5. The minimum Gasteiger partial charge on any atom is -0.497 e. The van der Waals surface area contributed by atoms with E-state index in [4.69, 9.17) is 4.74 Å². The molecule has 0 fully saturated rings. The van der Waals surface area contributed by atoms with E-state index in [1.165, 1.54) is 0 Å². The fraction of sp³-hybridized carbons (Fsp3) is 0.350. The number of rotatable bonds is 8. The van der Waals surface area contributed by atoms with Gasteiger partial charge in [0.25, 0.3) is 0 Å². The summed E-state index contributed by atoms with van der Waals surface area (Å²) in [5.74, 6) is 1.01. The molecule has 0 saturated heterocycles. The minimum atomic E-state index is 0.0268. The number of amides is 1. The summed E-state index contributed by atoms with van der Waals surface area (Å²) in [6, 6.07) is 15.8. The topological polar surface area (TPSA) is 50.4 Å². The largest absolute Gasteiger partial charge is 0.497 e. The third-order valence-electron chi connectivity index (χ3n) is 3.97. The van der Waals surface area contributed by atoms with Crippen molar-refractivity contribution in [2.24, 2.45) is 0 Å². The van der Waals surface area contributed by atoms with Gasteiger partial charge in [0.05, 0.1) is 7.11 Å². The van der Waals surface area contributed by atoms with Crippen LogP contribution in [-0.4, -0.2) is 19.6 Å². The molecule has 0 aliphatic heterocycles. The molecule has 1 unspecified atom stereocenters. The minimum absolute atomic E-state index is 0.0268. The van der Waals surface area contributed by atoms with Gasteiger partial charge in [-0.2, -0.15) is 0 Å². The normalized spacial score (nSPS) is 11.8. The maximum Gasteiger partial charge on any atom is 0.224 e. The molecule has 2 N–H and O–H groups in total. The first-order valence-electron chi connectivity index (χ1n) is 8.35. The zero-order chi connectivity index (χ0) is 17.4. The number of carbonyl (C=O) groups excluding carboxylic acids is 1. The highest BCUT2D eigenvalue weighted by molar-refractivity contribution is 5.91. The van der Waals surface area contributed by atoms with E-state index in [0.29, 0.717) is 6.42 Å². The molecule has 0 aromatic heterocycles. The van der Waals surface area contributed by atoms with E-state index in [1.807, 2.05) is 42.5 Å². The van der Waals surface area contributed by atoms with E-state index in [9.17, 15) is 4.79 Å². The molecule has 4 heteroatoms. The van der Waals surface area contributed by atoms with Gasteiger partial charge in [-0.15, -0.1) is 0 Å². The zero-order valence-electron chi connectivity index (χ0n) is 14.6. The lowest BCUT2D eigenvalue weighted by Gasteiger charge is -2.13.